The predicted molar refractivity (Wildman–Crippen MR) is 107 cm³/mol. The average Bonchev–Trinajstić information content (AvgIpc) is 2.59. The van der Waals surface area contributed by atoms with E-state index < -0.39 is 11.9 Å². The van der Waals surface area contributed by atoms with Gasteiger partial charge in [0.15, 0.2) is 0 Å². The molecule has 2 aromatic carbocycles. The van der Waals surface area contributed by atoms with E-state index in [0.717, 1.165) is 17.7 Å². The number of hydrogen-bond acceptors (Lipinski definition) is 2. The number of benzene rings is 2. The van der Waals surface area contributed by atoms with E-state index in [1.807, 2.05) is 45.0 Å². The molecule has 6 heteroatoms. The number of aryl methyl sites for hydroxylation is 1. The van der Waals surface area contributed by atoms with Gasteiger partial charge in [0.05, 0.1) is 10.6 Å². The fourth-order valence-corrected chi connectivity index (χ4v) is 3.08. The molecule has 0 aliphatic rings. The van der Waals surface area contributed by atoms with E-state index >= 15 is 0 Å². The van der Waals surface area contributed by atoms with Crippen LogP contribution in [0.25, 0.3) is 0 Å². The number of anilines is 1. The van der Waals surface area contributed by atoms with Crippen LogP contribution in [0.1, 0.15) is 36.7 Å². The maximum absolute atomic E-state index is 12.7. The molecule has 2 amide bonds. The van der Waals surface area contributed by atoms with Gasteiger partial charge in [0.1, 0.15) is 6.04 Å². The van der Waals surface area contributed by atoms with Gasteiger partial charge >= 0.3 is 0 Å². The molecule has 0 aromatic heterocycles. The van der Waals surface area contributed by atoms with Gasteiger partial charge in [-0.25, -0.2) is 0 Å². The summed E-state index contributed by atoms with van der Waals surface area (Å²) >= 11 is 12.0. The van der Waals surface area contributed by atoms with Crippen molar-refractivity contribution in [3.05, 3.63) is 63.6 Å². The van der Waals surface area contributed by atoms with Crippen LogP contribution in [0, 0.1) is 5.92 Å². The second-order valence-corrected chi connectivity index (χ2v) is 7.16. The third-order valence-electron chi connectivity index (χ3n) is 4.07. The topological polar surface area (TPSA) is 58.2 Å². The Morgan fingerprint density at radius 3 is 2.38 bits per heavy atom. The molecule has 2 aromatic rings. The molecule has 0 fully saturated rings. The first-order valence-corrected chi connectivity index (χ1v) is 9.23. The number of rotatable bonds is 6. The predicted octanol–water partition coefficient (Wildman–Crippen LogP) is 4.95. The van der Waals surface area contributed by atoms with Crippen molar-refractivity contribution in [2.45, 2.75) is 33.2 Å². The number of hydrogen-bond donors (Lipinski definition) is 2. The van der Waals surface area contributed by atoms with Crippen LogP contribution in [0.2, 0.25) is 10.0 Å². The molecule has 0 spiro atoms. The number of amides is 2. The van der Waals surface area contributed by atoms with Crippen molar-refractivity contribution in [1.82, 2.24) is 5.32 Å². The molecular formula is C20H22Cl2N2O2. The number of para-hydroxylation sites is 1. The molecule has 0 bridgehead atoms. The highest BCUT2D eigenvalue weighted by molar-refractivity contribution is 6.36. The van der Waals surface area contributed by atoms with Crippen molar-refractivity contribution in [1.29, 1.82) is 0 Å². The van der Waals surface area contributed by atoms with Crippen molar-refractivity contribution in [3.63, 3.8) is 0 Å². The van der Waals surface area contributed by atoms with Crippen LogP contribution < -0.4 is 10.6 Å². The molecule has 26 heavy (non-hydrogen) atoms. The Labute approximate surface area is 163 Å². The average molecular weight is 393 g/mol. The fourth-order valence-electron chi connectivity index (χ4n) is 2.59. The van der Waals surface area contributed by atoms with E-state index in [9.17, 15) is 9.59 Å². The zero-order chi connectivity index (χ0) is 19.3. The van der Waals surface area contributed by atoms with Crippen LogP contribution >= 0.6 is 23.2 Å². The summed E-state index contributed by atoms with van der Waals surface area (Å²) in [6.07, 6.45) is 0.801. The first-order chi connectivity index (χ1) is 12.3. The van der Waals surface area contributed by atoms with Crippen molar-refractivity contribution < 1.29 is 9.59 Å². The molecule has 4 nitrogen and oxygen atoms in total. The summed E-state index contributed by atoms with van der Waals surface area (Å²) in [5.41, 5.74) is 2.07. The Kier molecular flexibility index (Phi) is 7.06. The standard InChI is InChI=1S/C20H22Cl2N2O2/c1-4-13-7-5-6-8-17(13)23-20(26)18(12(2)3)24-19(25)15-10-9-14(21)11-16(15)22/h5-12,18H,4H2,1-3H3,(H,23,26)(H,24,25)/t18-/m0/s1. The van der Waals surface area contributed by atoms with Gasteiger partial charge in [-0.3, -0.25) is 9.59 Å². The molecule has 0 aliphatic heterocycles. The summed E-state index contributed by atoms with van der Waals surface area (Å²) in [5, 5.41) is 6.38. The molecule has 0 aliphatic carbocycles. The maximum atomic E-state index is 12.7. The molecule has 2 N–H and O–H groups in total. The molecule has 0 saturated heterocycles. The molecule has 0 saturated carbocycles. The lowest BCUT2D eigenvalue weighted by molar-refractivity contribution is -0.118. The van der Waals surface area contributed by atoms with Crippen molar-refractivity contribution in [3.8, 4) is 0 Å². The summed E-state index contributed by atoms with van der Waals surface area (Å²) in [6, 6.07) is 11.5. The van der Waals surface area contributed by atoms with Crippen LogP contribution in [0.4, 0.5) is 5.69 Å². The maximum Gasteiger partial charge on any atom is 0.253 e. The molecule has 0 unspecified atom stereocenters. The largest absolute Gasteiger partial charge is 0.340 e. The van der Waals surface area contributed by atoms with Gasteiger partial charge in [0.2, 0.25) is 5.91 Å². The van der Waals surface area contributed by atoms with Crippen LogP contribution in [0.15, 0.2) is 42.5 Å². The molecule has 0 heterocycles. The zero-order valence-corrected chi connectivity index (χ0v) is 16.5. The minimum Gasteiger partial charge on any atom is -0.340 e. The van der Waals surface area contributed by atoms with Crippen LogP contribution in [-0.4, -0.2) is 17.9 Å². The van der Waals surface area contributed by atoms with E-state index in [2.05, 4.69) is 10.6 Å². The van der Waals surface area contributed by atoms with E-state index in [4.69, 9.17) is 23.2 Å². The first-order valence-electron chi connectivity index (χ1n) is 8.48. The van der Waals surface area contributed by atoms with Gasteiger partial charge in [-0.2, -0.15) is 0 Å². The van der Waals surface area contributed by atoms with Crippen molar-refractivity contribution in [2.24, 2.45) is 5.92 Å². The van der Waals surface area contributed by atoms with E-state index in [1.165, 1.54) is 6.07 Å². The first kappa shape index (κ1) is 20.3. The fraction of sp³-hybridized carbons (Fsp3) is 0.300. The molecule has 0 radical (unpaired) electrons. The summed E-state index contributed by atoms with van der Waals surface area (Å²) < 4.78 is 0. The van der Waals surface area contributed by atoms with Gasteiger partial charge in [-0.05, 0) is 42.2 Å². The third-order valence-corrected chi connectivity index (χ3v) is 4.62. The van der Waals surface area contributed by atoms with Gasteiger partial charge in [0.25, 0.3) is 5.91 Å². The van der Waals surface area contributed by atoms with Gasteiger partial charge in [0, 0.05) is 10.7 Å². The highest BCUT2D eigenvalue weighted by Gasteiger charge is 2.26. The Bertz CT molecular complexity index is 806. The summed E-state index contributed by atoms with van der Waals surface area (Å²) in [4.78, 5) is 25.3. The van der Waals surface area contributed by atoms with Gasteiger partial charge < -0.3 is 10.6 Å². The second-order valence-electron chi connectivity index (χ2n) is 6.32. The monoisotopic (exact) mass is 392 g/mol. The normalized spacial score (nSPS) is 11.9. The second kappa shape index (κ2) is 9.06. The minimum atomic E-state index is -0.695. The van der Waals surface area contributed by atoms with Gasteiger partial charge in [-0.15, -0.1) is 0 Å². The number of carbonyl (C=O) groups excluding carboxylic acids is 2. The van der Waals surface area contributed by atoms with E-state index in [-0.39, 0.29) is 22.4 Å². The molecular weight excluding hydrogens is 371 g/mol. The highest BCUT2D eigenvalue weighted by atomic mass is 35.5. The highest BCUT2D eigenvalue weighted by Crippen LogP contribution is 2.22. The SMILES string of the molecule is CCc1ccccc1NC(=O)[C@@H](NC(=O)c1ccc(Cl)cc1Cl)C(C)C. The van der Waals surface area contributed by atoms with E-state index in [0.29, 0.717) is 5.02 Å². The lowest BCUT2D eigenvalue weighted by Crippen LogP contribution is -2.47. The lowest BCUT2D eigenvalue weighted by atomic mass is 10.0. The molecule has 2 rings (SSSR count). The third kappa shape index (κ3) is 4.99. The lowest BCUT2D eigenvalue weighted by Gasteiger charge is -2.22. The number of carbonyl (C=O) groups is 2. The van der Waals surface area contributed by atoms with Crippen LogP contribution in [-0.2, 0) is 11.2 Å². The Hall–Kier alpha value is -2.04. The van der Waals surface area contributed by atoms with Gasteiger partial charge in [-0.1, -0.05) is 62.2 Å². The van der Waals surface area contributed by atoms with E-state index in [1.54, 1.807) is 12.1 Å². The van der Waals surface area contributed by atoms with Crippen molar-refractivity contribution in [2.75, 3.05) is 5.32 Å². The minimum absolute atomic E-state index is 0.0983. The summed E-state index contributed by atoms with van der Waals surface area (Å²) in [6.45, 7) is 5.77. The molecule has 138 valence electrons. The smallest absolute Gasteiger partial charge is 0.253 e. The van der Waals surface area contributed by atoms with Crippen molar-refractivity contribution >= 4 is 40.7 Å². The zero-order valence-electron chi connectivity index (χ0n) is 15.0. The number of halogens is 2. The Morgan fingerprint density at radius 2 is 1.77 bits per heavy atom. The van der Waals surface area contributed by atoms with Crippen LogP contribution in [0.5, 0.6) is 0 Å². The summed E-state index contributed by atoms with van der Waals surface area (Å²) in [7, 11) is 0. The molecule has 1 atom stereocenters. The number of nitrogens with one attached hydrogen (secondary N) is 2. The quantitative estimate of drug-likeness (QED) is 0.730. The van der Waals surface area contributed by atoms with Crippen LogP contribution in [0.3, 0.4) is 0 Å². The Morgan fingerprint density at radius 1 is 1.08 bits per heavy atom. The Balaban J connectivity index is 2.17. The summed E-state index contributed by atoms with van der Waals surface area (Å²) in [5.74, 6) is -0.776.